The van der Waals surface area contributed by atoms with Crippen LogP contribution in [0.15, 0.2) is 65.6 Å². The van der Waals surface area contributed by atoms with E-state index in [0.29, 0.717) is 18.8 Å². The van der Waals surface area contributed by atoms with Crippen molar-refractivity contribution in [1.29, 1.82) is 0 Å². The summed E-state index contributed by atoms with van der Waals surface area (Å²) >= 11 is 6.25. The summed E-state index contributed by atoms with van der Waals surface area (Å²) in [6.07, 6.45) is 0. The number of halogens is 1. The minimum absolute atomic E-state index is 0.0828. The number of nitro groups is 1. The molecule has 1 heterocycles. The highest BCUT2D eigenvalue weighted by Crippen LogP contribution is 2.37. The Morgan fingerprint density at radius 2 is 1.77 bits per heavy atom. The molecule has 0 radical (unpaired) electrons. The summed E-state index contributed by atoms with van der Waals surface area (Å²) in [4.78, 5) is 13.0. The third kappa shape index (κ3) is 3.62. The first kappa shape index (κ1) is 20.6. The van der Waals surface area contributed by atoms with Gasteiger partial charge in [-0.3, -0.25) is 10.1 Å². The molecule has 7 nitrogen and oxygen atoms in total. The second-order valence-corrected chi connectivity index (χ2v) is 9.58. The Morgan fingerprint density at radius 1 is 1.03 bits per heavy atom. The second-order valence-electron chi connectivity index (χ2n) is 7.28. The lowest BCUT2D eigenvalue weighted by Gasteiger charge is -2.40. The van der Waals surface area contributed by atoms with Crippen molar-refractivity contribution in [2.24, 2.45) is 0 Å². The van der Waals surface area contributed by atoms with E-state index in [0.717, 1.165) is 10.8 Å². The predicted molar refractivity (Wildman–Crippen MR) is 118 cm³/mol. The van der Waals surface area contributed by atoms with Gasteiger partial charge in [0, 0.05) is 31.7 Å². The number of fused-ring (bicyclic) bond motifs is 1. The lowest BCUT2D eigenvalue weighted by atomic mass is 10.1. The first-order chi connectivity index (χ1) is 14.3. The van der Waals surface area contributed by atoms with Crippen molar-refractivity contribution in [3.05, 3.63) is 75.8 Å². The Hall–Kier alpha value is -2.68. The number of benzene rings is 3. The van der Waals surface area contributed by atoms with Gasteiger partial charge in [0.2, 0.25) is 10.0 Å². The second kappa shape index (κ2) is 7.86. The molecule has 1 fully saturated rings. The summed E-state index contributed by atoms with van der Waals surface area (Å²) in [6, 6.07) is 16.9. The number of nitrogens with zero attached hydrogens (tertiary/aromatic N) is 3. The molecule has 0 N–H and O–H groups in total. The normalized spacial score (nSPS) is 17.9. The molecule has 1 unspecified atom stereocenters. The van der Waals surface area contributed by atoms with Crippen LogP contribution in [0.5, 0.6) is 0 Å². The zero-order valence-electron chi connectivity index (χ0n) is 16.2. The maximum Gasteiger partial charge on any atom is 0.294 e. The van der Waals surface area contributed by atoms with E-state index in [2.05, 4.69) is 0 Å². The zero-order valence-corrected chi connectivity index (χ0v) is 17.8. The van der Waals surface area contributed by atoms with Crippen molar-refractivity contribution in [2.75, 3.05) is 24.5 Å². The van der Waals surface area contributed by atoms with E-state index in [-0.39, 0.29) is 28.2 Å². The van der Waals surface area contributed by atoms with Gasteiger partial charge in [-0.15, -0.1) is 0 Å². The van der Waals surface area contributed by atoms with Crippen LogP contribution in [-0.2, 0) is 10.0 Å². The van der Waals surface area contributed by atoms with E-state index < -0.39 is 14.9 Å². The fraction of sp³-hybridized carbons (Fsp3) is 0.238. The molecule has 0 saturated carbocycles. The minimum atomic E-state index is -3.71. The number of anilines is 1. The summed E-state index contributed by atoms with van der Waals surface area (Å²) in [5, 5.41) is 13.5. The molecule has 4 rings (SSSR count). The van der Waals surface area contributed by atoms with E-state index in [4.69, 9.17) is 11.6 Å². The highest BCUT2D eigenvalue weighted by molar-refractivity contribution is 7.89. The first-order valence-electron chi connectivity index (χ1n) is 9.47. The molecule has 0 spiro atoms. The Labute approximate surface area is 179 Å². The van der Waals surface area contributed by atoms with Crippen LogP contribution in [0.2, 0.25) is 5.02 Å². The maximum absolute atomic E-state index is 13.3. The third-order valence-electron chi connectivity index (χ3n) is 5.37. The van der Waals surface area contributed by atoms with Crippen molar-refractivity contribution in [3.8, 4) is 0 Å². The summed E-state index contributed by atoms with van der Waals surface area (Å²) in [6.45, 7) is 2.62. The van der Waals surface area contributed by atoms with Gasteiger partial charge in [0.25, 0.3) is 5.69 Å². The minimum Gasteiger partial charge on any atom is -0.362 e. The fourth-order valence-corrected chi connectivity index (χ4v) is 5.87. The number of sulfonamides is 1. The van der Waals surface area contributed by atoms with Gasteiger partial charge in [0.15, 0.2) is 0 Å². The molecule has 156 valence electrons. The molecule has 0 bridgehead atoms. The van der Waals surface area contributed by atoms with E-state index in [9.17, 15) is 18.5 Å². The van der Waals surface area contributed by atoms with Crippen LogP contribution in [0.25, 0.3) is 10.8 Å². The van der Waals surface area contributed by atoms with Crippen molar-refractivity contribution >= 4 is 43.8 Å². The quantitative estimate of drug-likeness (QED) is 0.441. The summed E-state index contributed by atoms with van der Waals surface area (Å²) in [7, 11) is -3.71. The van der Waals surface area contributed by atoms with E-state index in [1.807, 2.05) is 24.3 Å². The molecule has 1 aliphatic rings. The van der Waals surface area contributed by atoms with Gasteiger partial charge in [-0.1, -0.05) is 48.0 Å². The largest absolute Gasteiger partial charge is 0.362 e. The highest BCUT2D eigenvalue weighted by Gasteiger charge is 2.36. The summed E-state index contributed by atoms with van der Waals surface area (Å²) < 4.78 is 28.1. The monoisotopic (exact) mass is 445 g/mol. The number of para-hydroxylation sites is 1. The maximum atomic E-state index is 13.3. The van der Waals surface area contributed by atoms with Crippen LogP contribution in [0.4, 0.5) is 11.4 Å². The van der Waals surface area contributed by atoms with Gasteiger partial charge < -0.3 is 4.90 Å². The number of hydrogen-bond donors (Lipinski definition) is 0. The fourth-order valence-electron chi connectivity index (χ4n) is 3.93. The molecule has 0 aliphatic carbocycles. The van der Waals surface area contributed by atoms with Crippen molar-refractivity contribution in [2.45, 2.75) is 17.9 Å². The average Bonchev–Trinajstić information content (AvgIpc) is 2.72. The van der Waals surface area contributed by atoms with Gasteiger partial charge in [-0.2, -0.15) is 4.31 Å². The first-order valence-corrected chi connectivity index (χ1v) is 11.3. The van der Waals surface area contributed by atoms with Gasteiger partial charge in [0.05, 0.1) is 14.8 Å². The summed E-state index contributed by atoms with van der Waals surface area (Å²) in [5.41, 5.74) is 0.249. The van der Waals surface area contributed by atoms with Crippen LogP contribution in [-0.4, -0.2) is 43.3 Å². The molecular formula is C21H20ClN3O4S. The molecule has 30 heavy (non-hydrogen) atoms. The lowest BCUT2D eigenvalue weighted by Crippen LogP contribution is -2.54. The molecule has 1 aliphatic heterocycles. The van der Waals surface area contributed by atoms with Crippen molar-refractivity contribution in [1.82, 2.24) is 4.31 Å². The van der Waals surface area contributed by atoms with Gasteiger partial charge in [-0.25, -0.2) is 8.42 Å². The Balaban J connectivity index is 1.62. The smallest absolute Gasteiger partial charge is 0.294 e. The van der Waals surface area contributed by atoms with Crippen molar-refractivity contribution < 1.29 is 13.3 Å². The zero-order chi connectivity index (χ0) is 21.5. The van der Waals surface area contributed by atoms with Crippen LogP contribution < -0.4 is 4.90 Å². The van der Waals surface area contributed by atoms with Gasteiger partial charge in [0.1, 0.15) is 5.69 Å². The molecule has 1 saturated heterocycles. The van der Waals surface area contributed by atoms with Gasteiger partial charge >= 0.3 is 0 Å². The number of hydrogen-bond acceptors (Lipinski definition) is 5. The van der Waals surface area contributed by atoms with Crippen LogP contribution in [0, 0.1) is 10.1 Å². The van der Waals surface area contributed by atoms with Crippen LogP contribution >= 0.6 is 11.6 Å². The molecule has 1 atom stereocenters. The molecule has 0 aromatic heterocycles. The van der Waals surface area contributed by atoms with Crippen LogP contribution in [0.1, 0.15) is 6.92 Å². The number of nitro benzene ring substituents is 1. The molecule has 3 aromatic rings. The van der Waals surface area contributed by atoms with Crippen LogP contribution in [0.3, 0.4) is 0 Å². The Kier molecular flexibility index (Phi) is 5.40. The molecule has 9 heteroatoms. The van der Waals surface area contributed by atoms with Crippen molar-refractivity contribution in [3.63, 3.8) is 0 Å². The SMILES string of the molecule is CC1CN(c2c(Cl)cccc2[N+](=O)[O-])CCN1S(=O)(=O)c1ccc2ccccc2c1. The highest BCUT2D eigenvalue weighted by atomic mass is 35.5. The van der Waals surface area contributed by atoms with E-state index in [1.54, 1.807) is 36.1 Å². The average molecular weight is 446 g/mol. The molecular weight excluding hydrogens is 426 g/mol. The number of rotatable bonds is 4. The molecule has 0 amide bonds. The predicted octanol–water partition coefficient (Wildman–Crippen LogP) is 4.30. The number of piperazine rings is 1. The standard InChI is InChI=1S/C21H20ClN3O4S/c1-15-14-23(21-19(22)7-4-8-20(21)25(26)27)11-12-24(15)30(28,29)18-10-9-16-5-2-3-6-17(16)13-18/h2-10,13,15H,11-12,14H2,1H3. The topological polar surface area (TPSA) is 83.8 Å². The Bertz CT molecular complexity index is 1230. The van der Waals surface area contributed by atoms with Gasteiger partial charge in [-0.05, 0) is 35.9 Å². The van der Waals surface area contributed by atoms with E-state index >= 15 is 0 Å². The van der Waals surface area contributed by atoms with E-state index in [1.165, 1.54) is 16.4 Å². The lowest BCUT2D eigenvalue weighted by molar-refractivity contribution is -0.384. The summed E-state index contributed by atoms with van der Waals surface area (Å²) in [5.74, 6) is 0. The molecule has 3 aromatic carbocycles. The Morgan fingerprint density at radius 3 is 2.47 bits per heavy atom. The third-order valence-corrected chi connectivity index (χ3v) is 7.69.